The minimum atomic E-state index is -0.995. The zero-order chi connectivity index (χ0) is 19.6. The van der Waals surface area contributed by atoms with Crippen LogP contribution in [0.1, 0.15) is 26.4 Å². The Kier molecular flexibility index (Phi) is 4.64. The molecule has 27 heavy (non-hydrogen) atoms. The van der Waals surface area contributed by atoms with Crippen molar-refractivity contribution in [3.63, 3.8) is 0 Å². The monoisotopic (exact) mass is 361 g/mol. The van der Waals surface area contributed by atoms with Crippen LogP contribution in [0.4, 0.5) is 5.69 Å². The molecule has 0 aliphatic heterocycles. The van der Waals surface area contributed by atoms with Crippen LogP contribution in [0, 0.1) is 11.3 Å². The first kappa shape index (κ1) is 17.8. The summed E-state index contributed by atoms with van der Waals surface area (Å²) in [6.45, 7) is 0. The number of aromatic carboxylic acids is 1. The van der Waals surface area contributed by atoms with Crippen molar-refractivity contribution in [2.75, 3.05) is 12.8 Å². The van der Waals surface area contributed by atoms with E-state index in [0.717, 1.165) is 11.1 Å². The number of esters is 1. The van der Waals surface area contributed by atoms with Gasteiger partial charge in [0.15, 0.2) is 5.69 Å². The Labute approximate surface area is 154 Å². The van der Waals surface area contributed by atoms with Crippen LogP contribution in [-0.2, 0) is 4.74 Å². The average molecular weight is 361 g/mol. The molecule has 0 saturated carbocycles. The Morgan fingerprint density at radius 3 is 2.44 bits per heavy atom. The highest BCUT2D eigenvalue weighted by atomic mass is 16.5. The molecule has 7 nitrogen and oxygen atoms in total. The van der Waals surface area contributed by atoms with Gasteiger partial charge in [0, 0.05) is 11.9 Å². The molecule has 0 spiro atoms. The number of rotatable bonds is 4. The Balaban J connectivity index is 2.10. The van der Waals surface area contributed by atoms with E-state index >= 15 is 0 Å². The number of carbonyl (C=O) groups excluding carboxylic acids is 1. The molecule has 0 radical (unpaired) electrons. The number of benzene rings is 2. The summed E-state index contributed by atoms with van der Waals surface area (Å²) in [5, 5.41) is 18.2. The molecular formula is C20H15N3O4. The number of carboxylic acids is 1. The van der Waals surface area contributed by atoms with E-state index in [9.17, 15) is 14.9 Å². The fourth-order valence-corrected chi connectivity index (χ4v) is 2.76. The summed E-state index contributed by atoms with van der Waals surface area (Å²) in [6.07, 6.45) is 1.48. The van der Waals surface area contributed by atoms with Crippen LogP contribution in [-0.4, -0.2) is 28.7 Å². The minimum Gasteiger partial charge on any atom is -0.478 e. The summed E-state index contributed by atoms with van der Waals surface area (Å²) in [6, 6.07) is 15.6. The second kappa shape index (κ2) is 7.06. The Morgan fingerprint density at radius 2 is 1.85 bits per heavy atom. The predicted octanol–water partition coefficient (Wildman–Crippen LogP) is 3.08. The Hall–Kier alpha value is -4.05. The van der Waals surface area contributed by atoms with Gasteiger partial charge in [-0.05, 0) is 35.4 Å². The third kappa shape index (κ3) is 3.24. The second-order valence-corrected chi connectivity index (χ2v) is 5.71. The van der Waals surface area contributed by atoms with Crippen LogP contribution in [0.25, 0.3) is 16.8 Å². The van der Waals surface area contributed by atoms with Crippen molar-refractivity contribution < 1.29 is 19.4 Å². The molecule has 3 aromatic rings. The van der Waals surface area contributed by atoms with Crippen molar-refractivity contribution in [1.82, 2.24) is 4.57 Å². The van der Waals surface area contributed by atoms with Gasteiger partial charge >= 0.3 is 11.9 Å². The Bertz CT molecular complexity index is 1080. The lowest BCUT2D eigenvalue weighted by molar-refractivity contribution is 0.0592. The van der Waals surface area contributed by atoms with Gasteiger partial charge in [-0.3, -0.25) is 0 Å². The molecule has 0 bridgehead atoms. The number of nitrogens with two attached hydrogens (primary N) is 1. The molecule has 7 heteroatoms. The largest absolute Gasteiger partial charge is 0.478 e. The van der Waals surface area contributed by atoms with Crippen molar-refractivity contribution in [2.45, 2.75) is 0 Å². The van der Waals surface area contributed by atoms with Crippen molar-refractivity contribution in [3.05, 3.63) is 71.5 Å². The number of carboxylic acid groups (broad SMARTS) is 1. The van der Waals surface area contributed by atoms with E-state index in [1.165, 1.54) is 30.0 Å². The van der Waals surface area contributed by atoms with Crippen molar-refractivity contribution in [3.8, 4) is 22.9 Å². The molecule has 0 aliphatic rings. The lowest BCUT2D eigenvalue weighted by atomic mass is 10.0. The SMILES string of the molecule is COC(=O)c1c(N)c(C#N)cn1-c1cccc(-c2ccc(C(=O)O)cc2)c1. The highest BCUT2D eigenvalue weighted by Crippen LogP contribution is 2.28. The fraction of sp³-hybridized carbons (Fsp3) is 0.0500. The van der Waals surface area contributed by atoms with Gasteiger partial charge in [-0.2, -0.15) is 5.26 Å². The van der Waals surface area contributed by atoms with Crippen LogP contribution in [0.15, 0.2) is 54.7 Å². The van der Waals surface area contributed by atoms with E-state index in [4.69, 9.17) is 15.6 Å². The quantitative estimate of drug-likeness (QED) is 0.689. The molecule has 0 fully saturated rings. The van der Waals surface area contributed by atoms with Crippen molar-refractivity contribution in [1.29, 1.82) is 5.26 Å². The van der Waals surface area contributed by atoms with Gasteiger partial charge in [0.2, 0.25) is 0 Å². The summed E-state index contributed by atoms with van der Waals surface area (Å²) in [5.74, 6) is -1.64. The normalized spacial score (nSPS) is 10.2. The number of hydrogen-bond acceptors (Lipinski definition) is 5. The summed E-state index contributed by atoms with van der Waals surface area (Å²) in [4.78, 5) is 23.1. The summed E-state index contributed by atoms with van der Waals surface area (Å²) in [5.41, 5.74) is 8.66. The first-order chi connectivity index (χ1) is 13.0. The van der Waals surface area contributed by atoms with Crippen LogP contribution in [0.2, 0.25) is 0 Å². The molecule has 0 amide bonds. The van der Waals surface area contributed by atoms with Gasteiger partial charge in [-0.15, -0.1) is 0 Å². The third-order valence-electron chi connectivity index (χ3n) is 4.13. The maximum atomic E-state index is 12.1. The van der Waals surface area contributed by atoms with Gasteiger partial charge < -0.3 is 20.1 Å². The predicted molar refractivity (Wildman–Crippen MR) is 98.6 cm³/mol. The zero-order valence-corrected chi connectivity index (χ0v) is 14.3. The van der Waals surface area contributed by atoms with Crippen molar-refractivity contribution in [2.24, 2.45) is 0 Å². The van der Waals surface area contributed by atoms with Crippen molar-refractivity contribution >= 4 is 17.6 Å². The van der Waals surface area contributed by atoms with Crippen LogP contribution in [0.5, 0.6) is 0 Å². The van der Waals surface area contributed by atoms with E-state index in [2.05, 4.69) is 0 Å². The van der Waals surface area contributed by atoms with E-state index in [1.54, 1.807) is 24.3 Å². The maximum Gasteiger partial charge on any atom is 0.357 e. The summed E-state index contributed by atoms with van der Waals surface area (Å²) < 4.78 is 6.29. The minimum absolute atomic E-state index is 0.0561. The second-order valence-electron chi connectivity index (χ2n) is 5.71. The number of nitrogen functional groups attached to an aromatic ring is 1. The van der Waals surface area contributed by atoms with Gasteiger partial charge in [0.25, 0.3) is 0 Å². The molecule has 0 atom stereocenters. The molecule has 3 N–H and O–H groups in total. The molecule has 0 unspecified atom stereocenters. The fourth-order valence-electron chi connectivity index (χ4n) is 2.76. The van der Waals surface area contributed by atoms with Gasteiger partial charge in [-0.25, -0.2) is 9.59 Å². The number of carbonyl (C=O) groups is 2. The van der Waals surface area contributed by atoms with Gasteiger partial charge in [0.1, 0.15) is 6.07 Å². The third-order valence-corrected chi connectivity index (χ3v) is 4.13. The molecule has 1 heterocycles. The van der Waals surface area contributed by atoms with E-state index in [1.807, 2.05) is 18.2 Å². The van der Waals surface area contributed by atoms with E-state index < -0.39 is 11.9 Å². The lowest BCUT2D eigenvalue weighted by Gasteiger charge is -2.10. The average Bonchev–Trinajstić information content (AvgIpc) is 3.04. The molecule has 3 rings (SSSR count). The molecule has 0 saturated heterocycles. The molecule has 2 aromatic carbocycles. The number of nitrogens with zero attached hydrogens (tertiary/aromatic N) is 2. The molecule has 1 aromatic heterocycles. The highest BCUT2D eigenvalue weighted by molar-refractivity contribution is 5.96. The highest BCUT2D eigenvalue weighted by Gasteiger charge is 2.21. The number of hydrogen-bond donors (Lipinski definition) is 2. The van der Waals surface area contributed by atoms with Crippen LogP contribution < -0.4 is 5.73 Å². The first-order valence-electron chi connectivity index (χ1n) is 7.89. The Morgan fingerprint density at radius 1 is 1.15 bits per heavy atom. The van der Waals surface area contributed by atoms with Crippen LogP contribution in [0.3, 0.4) is 0 Å². The molecule has 0 aliphatic carbocycles. The van der Waals surface area contributed by atoms with E-state index in [0.29, 0.717) is 5.69 Å². The number of methoxy groups -OCH3 is 1. The van der Waals surface area contributed by atoms with Gasteiger partial charge in [-0.1, -0.05) is 24.3 Å². The topological polar surface area (TPSA) is 118 Å². The maximum absolute atomic E-state index is 12.1. The van der Waals surface area contributed by atoms with Crippen LogP contribution >= 0.6 is 0 Å². The lowest BCUT2D eigenvalue weighted by Crippen LogP contribution is -2.11. The number of nitriles is 1. The molecule has 134 valence electrons. The number of aromatic nitrogens is 1. The van der Waals surface area contributed by atoms with E-state index in [-0.39, 0.29) is 22.5 Å². The zero-order valence-electron chi connectivity index (χ0n) is 14.3. The standard InChI is InChI=1S/C20H15N3O4/c1-27-20(26)18-17(22)15(10-21)11-23(18)16-4-2-3-14(9-16)12-5-7-13(8-6-12)19(24)25/h2-9,11H,22H2,1H3,(H,24,25). The number of ether oxygens (including phenoxy) is 1. The van der Waals surface area contributed by atoms with Gasteiger partial charge in [0.05, 0.1) is 23.9 Å². The molecular weight excluding hydrogens is 346 g/mol. The summed E-state index contributed by atoms with van der Waals surface area (Å²) >= 11 is 0. The first-order valence-corrected chi connectivity index (χ1v) is 7.89. The smallest absolute Gasteiger partial charge is 0.357 e. The number of anilines is 1. The summed E-state index contributed by atoms with van der Waals surface area (Å²) in [7, 11) is 1.24.